The second kappa shape index (κ2) is 7.98. The second-order valence-electron chi connectivity index (χ2n) is 10.8. The molecule has 2 fully saturated rings. The number of likely N-dealkylation sites (tertiary alicyclic amines) is 1. The molecule has 2 aliphatic heterocycles. The molecular weight excluding hydrogens is 485 g/mol. The van der Waals surface area contributed by atoms with Crippen molar-refractivity contribution < 1.29 is 32.9 Å². The number of rotatable bonds is 3. The van der Waals surface area contributed by atoms with E-state index in [1.165, 1.54) is 24.3 Å². The van der Waals surface area contributed by atoms with Crippen LogP contribution in [0.15, 0.2) is 42.5 Å². The summed E-state index contributed by atoms with van der Waals surface area (Å²) in [7, 11) is 3.72. The molecule has 5 atom stereocenters. The van der Waals surface area contributed by atoms with Gasteiger partial charge in [0.05, 0.1) is 22.6 Å². The van der Waals surface area contributed by atoms with Crippen LogP contribution in [0.5, 0.6) is 11.5 Å². The first-order valence-electron chi connectivity index (χ1n) is 12.5. The molecule has 2 aliphatic carbocycles. The van der Waals surface area contributed by atoms with Gasteiger partial charge < -0.3 is 24.7 Å². The standard InChI is InChI=1S/C28H29F3N2O4/c1-32-14-13-26-23-17-6-9-20(34)24(23)37-25(26)19(11-12-27(26,36)21(32)15-17)33(2)22(35)10-5-16-3-7-18(8-4-16)28(29,30)31/h3-10,19,21,25,34,36H,11-15H2,1-2H3/t19-,21-,25+,26+,27-/m1/s1. The maximum Gasteiger partial charge on any atom is 0.416 e. The van der Waals surface area contributed by atoms with Crippen LogP contribution in [-0.2, 0) is 22.8 Å². The lowest BCUT2D eigenvalue weighted by Crippen LogP contribution is -2.77. The number of hydrogen-bond donors (Lipinski definition) is 2. The van der Waals surface area contributed by atoms with Gasteiger partial charge in [0.15, 0.2) is 11.5 Å². The van der Waals surface area contributed by atoms with Crippen LogP contribution in [0.3, 0.4) is 0 Å². The van der Waals surface area contributed by atoms with E-state index in [9.17, 15) is 28.2 Å². The highest BCUT2D eigenvalue weighted by atomic mass is 19.4. The van der Waals surface area contributed by atoms with Crippen LogP contribution < -0.4 is 4.74 Å². The summed E-state index contributed by atoms with van der Waals surface area (Å²) in [6.07, 6.45) is 0.224. The number of phenolic OH excluding ortho intramolecular Hbond substituents is 1. The van der Waals surface area contributed by atoms with Gasteiger partial charge in [-0.25, -0.2) is 0 Å². The van der Waals surface area contributed by atoms with Crippen molar-refractivity contribution in [1.82, 2.24) is 9.80 Å². The third kappa shape index (κ3) is 3.29. The zero-order valence-corrected chi connectivity index (χ0v) is 20.6. The Bertz CT molecular complexity index is 1290. The quantitative estimate of drug-likeness (QED) is 0.611. The van der Waals surface area contributed by atoms with Gasteiger partial charge in [0.1, 0.15) is 6.10 Å². The van der Waals surface area contributed by atoms with Crippen molar-refractivity contribution in [2.75, 3.05) is 20.6 Å². The molecule has 1 spiro atoms. The number of aromatic hydroxyl groups is 1. The number of carbonyl (C=O) groups excluding carboxylic acids is 1. The second-order valence-corrected chi connectivity index (χ2v) is 10.8. The Morgan fingerprint density at radius 3 is 2.62 bits per heavy atom. The predicted octanol–water partition coefficient (Wildman–Crippen LogP) is 3.74. The van der Waals surface area contributed by atoms with E-state index in [1.54, 1.807) is 18.0 Å². The molecule has 196 valence electrons. The van der Waals surface area contributed by atoms with E-state index < -0.39 is 28.9 Å². The van der Waals surface area contributed by atoms with E-state index in [4.69, 9.17) is 4.74 Å². The van der Waals surface area contributed by atoms with E-state index in [0.717, 1.165) is 29.8 Å². The number of piperidine rings is 1. The van der Waals surface area contributed by atoms with Crippen molar-refractivity contribution >= 4 is 12.0 Å². The lowest BCUT2D eigenvalue weighted by atomic mass is 9.48. The van der Waals surface area contributed by atoms with Gasteiger partial charge in [-0.3, -0.25) is 4.79 Å². The number of likely N-dealkylation sites (N-methyl/N-ethyl adjacent to an activating group) is 2. The van der Waals surface area contributed by atoms with Crippen molar-refractivity contribution in [2.24, 2.45) is 0 Å². The first kappa shape index (κ1) is 24.3. The summed E-state index contributed by atoms with van der Waals surface area (Å²) in [5, 5.41) is 22.9. The molecule has 1 saturated carbocycles. The number of halogens is 3. The number of hydrogen-bond acceptors (Lipinski definition) is 5. The van der Waals surface area contributed by atoms with Crippen molar-refractivity contribution in [3.63, 3.8) is 0 Å². The van der Waals surface area contributed by atoms with Gasteiger partial charge in [0.2, 0.25) is 5.91 Å². The molecule has 2 aromatic carbocycles. The first-order valence-corrected chi connectivity index (χ1v) is 12.5. The Morgan fingerprint density at radius 2 is 1.92 bits per heavy atom. The van der Waals surface area contributed by atoms with Crippen LogP contribution >= 0.6 is 0 Å². The molecule has 2 aromatic rings. The molecule has 2 N–H and O–H groups in total. The Hall–Kier alpha value is -3.04. The minimum absolute atomic E-state index is 0.0391. The van der Waals surface area contributed by atoms with Crippen LogP contribution in [0.4, 0.5) is 13.2 Å². The monoisotopic (exact) mass is 514 g/mol. The highest BCUT2D eigenvalue weighted by molar-refractivity contribution is 5.92. The van der Waals surface area contributed by atoms with Crippen molar-refractivity contribution in [2.45, 2.75) is 61.1 Å². The molecule has 2 heterocycles. The summed E-state index contributed by atoms with van der Waals surface area (Å²) in [5.41, 5.74) is -0.0981. The average Bonchev–Trinajstić information content (AvgIpc) is 3.21. The third-order valence-electron chi connectivity index (χ3n) is 9.20. The zero-order chi connectivity index (χ0) is 26.3. The number of amides is 1. The number of carbonyl (C=O) groups is 1. The van der Waals surface area contributed by atoms with Crippen molar-refractivity contribution in [3.05, 3.63) is 64.7 Å². The van der Waals surface area contributed by atoms with Crippen LogP contribution in [0.1, 0.15) is 41.5 Å². The third-order valence-corrected chi connectivity index (χ3v) is 9.20. The topological polar surface area (TPSA) is 73.2 Å². The van der Waals surface area contributed by atoms with E-state index in [2.05, 4.69) is 4.90 Å². The van der Waals surface area contributed by atoms with Crippen molar-refractivity contribution in [1.29, 1.82) is 0 Å². The number of phenols is 1. The highest BCUT2D eigenvalue weighted by Crippen LogP contribution is 2.65. The summed E-state index contributed by atoms with van der Waals surface area (Å²) < 4.78 is 45.0. The molecule has 0 aromatic heterocycles. The van der Waals surface area contributed by atoms with Crippen molar-refractivity contribution in [3.8, 4) is 11.5 Å². The van der Waals surface area contributed by atoms with Gasteiger partial charge >= 0.3 is 6.18 Å². The fraction of sp³-hybridized carbons (Fsp3) is 0.464. The Balaban J connectivity index is 1.31. The number of alkyl halides is 3. The molecule has 6 rings (SSSR count). The Kier molecular flexibility index (Phi) is 5.24. The number of benzene rings is 2. The fourth-order valence-electron chi connectivity index (χ4n) is 7.36. The largest absolute Gasteiger partial charge is 0.504 e. The van der Waals surface area contributed by atoms with Crippen LogP contribution in [0, 0.1) is 0 Å². The molecule has 9 heteroatoms. The normalized spacial score (nSPS) is 32.2. The van der Waals surface area contributed by atoms with Crippen LogP contribution in [0.25, 0.3) is 6.08 Å². The van der Waals surface area contributed by atoms with Gasteiger partial charge in [-0.2, -0.15) is 13.2 Å². The molecule has 2 bridgehead atoms. The van der Waals surface area contributed by atoms with E-state index in [1.807, 2.05) is 13.1 Å². The molecule has 4 aliphatic rings. The maximum atomic E-state index is 13.2. The average molecular weight is 515 g/mol. The molecule has 37 heavy (non-hydrogen) atoms. The van der Waals surface area contributed by atoms with Gasteiger partial charge in [0, 0.05) is 24.7 Å². The summed E-state index contributed by atoms with van der Waals surface area (Å²) in [5.74, 6) is 0.144. The summed E-state index contributed by atoms with van der Waals surface area (Å²) in [6, 6.07) is 7.74. The van der Waals surface area contributed by atoms with Gasteiger partial charge in [-0.05, 0) is 74.7 Å². The van der Waals surface area contributed by atoms with E-state index in [0.29, 0.717) is 37.0 Å². The van der Waals surface area contributed by atoms with Gasteiger partial charge in [-0.15, -0.1) is 0 Å². The number of nitrogens with zero attached hydrogens (tertiary/aromatic N) is 2. The summed E-state index contributed by atoms with van der Waals surface area (Å²) in [4.78, 5) is 17.0. The smallest absolute Gasteiger partial charge is 0.416 e. The van der Waals surface area contributed by atoms with E-state index >= 15 is 0 Å². The van der Waals surface area contributed by atoms with Crippen LogP contribution in [-0.4, -0.2) is 70.3 Å². The number of aliphatic hydroxyl groups is 1. The molecule has 0 unspecified atom stereocenters. The Morgan fingerprint density at radius 1 is 1.19 bits per heavy atom. The minimum atomic E-state index is -4.42. The highest BCUT2D eigenvalue weighted by Gasteiger charge is 2.73. The molecule has 1 amide bonds. The SMILES string of the molecule is CN1CC[C@]23c4c5ccc(O)c4O[C@H]2[C@H](N(C)C(=O)C=Cc2ccc(C(F)(F)F)cc2)CC[C@@]3(O)[C@H]1C5. The van der Waals surface area contributed by atoms with Gasteiger partial charge in [0.25, 0.3) is 0 Å². The molecule has 6 nitrogen and oxygen atoms in total. The minimum Gasteiger partial charge on any atom is -0.504 e. The predicted molar refractivity (Wildman–Crippen MR) is 130 cm³/mol. The van der Waals surface area contributed by atoms with Gasteiger partial charge in [-0.1, -0.05) is 18.2 Å². The van der Waals surface area contributed by atoms with E-state index in [-0.39, 0.29) is 23.7 Å². The molecule has 0 radical (unpaired) electrons. The Labute approximate surface area is 212 Å². The molecule has 1 saturated heterocycles. The summed E-state index contributed by atoms with van der Waals surface area (Å²) >= 11 is 0. The molecular formula is C28H29F3N2O4. The lowest BCUT2D eigenvalue weighted by molar-refractivity contribution is -0.195. The first-order chi connectivity index (χ1) is 17.5. The van der Waals surface area contributed by atoms with Crippen LogP contribution in [0.2, 0.25) is 0 Å². The maximum absolute atomic E-state index is 13.2. The lowest BCUT2D eigenvalue weighted by Gasteiger charge is -2.64. The fourth-order valence-corrected chi connectivity index (χ4v) is 7.36. The number of ether oxygens (including phenoxy) is 1. The summed E-state index contributed by atoms with van der Waals surface area (Å²) in [6.45, 7) is 0.763. The zero-order valence-electron chi connectivity index (χ0n) is 20.6.